The molecule has 2 aromatic rings. The maximum atomic E-state index is 3.70. The van der Waals surface area contributed by atoms with E-state index in [1.165, 1.54) is 28.8 Å². The lowest BCUT2D eigenvalue weighted by Gasteiger charge is -2.31. The molecule has 1 aromatic heterocycles. The molecule has 3 rings (SSSR count). The van der Waals surface area contributed by atoms with Crippen molar-refractivity contribution in [3.63, 3.8) is 0 Å². The van der Waals surface area contributed by atoms with Crippen LogP contribution in [0.4, 0.5) is 0 Å². The van der Waals surface area contributed by atoms with Gasteiger partial charge in [-0.05, 0) is 36.9 Å². The highest BCUT2D eigenvalue weighted by Gasteiger charge is 2.41. The predicted molar refractivity (Wildman–Crippen MR) is 88.4 cm³/mol. The molecule has 1 aromatic carbocycles. The van der Waals surface area contributed by atoms with Gasteiger partial charge < -0.3 is 10.3 Å². The summed E-state index contributed by atoms with van der Waals surface area (Å²) in [5, 5.41) is 6.98. The summed E-state index contributed by atoms with van der Waals surface area (Å²) in [5.74, 6) is 0. The first-order chi connectivity index (χ1) is 9.60. The zero-order valence-electron chi connectivity index (χ0n) is 12.6. The molecule has 1 saturated carbocycles. The number of aromatic nitrogens is 1. The van der Waals surface area contributed by atoms with Crippen LogP contribution in [0.25, 0.3) is 10.9 Å². The first-order valence-electron chi connectivity index (χ1n) is 7.58. The molecule has 2 N–H and O–H groups in total. The van der Waals surface area contributed by atoms with E-state index in [-0.39, 0.29) is 0 Å². The van der Waals surface area contributed by atoms with Gasteiger partial charge in [-0.2, -0.15) is 0 Å². The van der Waals surface area contributed by atoms with Crippen LogP contribution in [0.1, 0.15) is 33.6 Å². The van der Waals surface area contributed by atoms with Gasteiger partial charge >= 0.3 is 0 Å². The summed E-state index contributed by atoms with van der Waals surface area (Å²) in [7, 11) is 0. The fourth-order valence-electron chi connectivity index (χ4n) is 3.37. The van der Waals surface area contributed by atoms with Gasteiger partial charge in [0.05, 0.1) is 5.03 Å². The largest absolute Gasteiger partial charge is 0.350 e. The summed E-state index contributed by atoms with van der Waals surface area (Å²) >= 11 is 2.01. The third-order valence-corrected chi connectivity index (χ3v) is 5.78. The van der Waals surface area contributed by atoms with E-state index in [9.17, 15) is 0 Å². The third kappa shape index (κ3) is 2.61. The van der Waals surface area contributed by atoms with E-state index in [1.54, 1.807) is 0 Å². The molecule has 0 amide bonds. The number of H-pyrrole nitrogens is 1. The molecule has 2 atom stereocenters. The van der Waals surface area contributed by atoms with Crippen LogP contribution in [0.3, 0.4) is 0 Å². The summed E-state index contributed by atoms with van der Waals surface area (Å²) < 4.78 is 0. The monoisotopic (exact) mass is 288 g/mol. The van der Waals surface area contributed by atoms with Crippen molar-refractivity contribution in [2.24, 2.45) is 5.41 Å². The minimum Gasteiger partial charge on any atom is -0.350 e. The van der Waals surface area contributed by atoms with Gasteiger partial charge in [0, 0.05) is 22.2 Å². The van der Waals surface area contributed by atoms with E-state index in [2.05, 4.69) is 61.4 Å². The molecule has 1 fully saturated rings. The second-order valence-corrected chi connectivity index (χ2v) is 7.72. The van der Waals surface area contributed by atoms with Crippen molar-refractivity contribution < 1.29 is 0 Å². The molecule has 1 heterocycles. The van der Waals surface area contributed by atoms with Crippen molar-refractivity contribution in [3.05, 3.63) is 30.3 Å². The molecule has 2 nitrogen and oxygen atoms in total. The number of nitrogens with one attached hydrogen (secondary N) is 2. The summed E-state index contributed by atoms with van der Waals surface area (Å²) in [5.41, 5.74) is 1.65. The lowest BCUT2D eigenvalue weighted by Crippen LogP contribution is -2.43. The number of para-hydroxylation sites is 1. The molecule has 1 aliphatic carbocycles. The first-order valence-corrected chi connectivity index (χ1v) is 8.46. The van der Waals surface area contributed by atoms with Crippen LogP contribution in [-0.4, -0.2) is 22.8 Å². The van der Waals surface area contributed by atoms with E-state index >= 15 is 0 Å². The van der Waals surface area contributed by atoms with Gasteiger partial charge in [-0.1, -0.05) is 39.0 Å². The Bertz CT molecular complexity index is 554. The minimum absolute atomic E-state index is 0.402. The Balaban J connectivity index is 1.79. The van der Waals surface area contributed by atoms with Crippen LogP contribution in [0, 0.1) is 5.41 Å². The Hall–Kier alpha value is -0.930. The van der Waals surface area contributed by atoms with Gasteiger partial charge in [0.15, 0.2) is 0 Å². The average Bonchev–Trinajstić information content (AvgIpc) is 2.94. The molecule has 108 valence electrons. The van der Waals surface area contributed by atoms with Crippen molar-refractivity contribution in [1.82, 2.24) is 10.3 Å². The third-order valence-electron chi connectivity index (χ3n) is 4.49. The van der Waals surface area contributed by atoms with Crippen molar-refractivity contribution in [2.75, 3.05) is 6.54 Å². The number of rotatable bonds is 4. The molecule has 0 bridgehead atoms. The van der Waals surface area contributed by atoms with Gasteiger partial charge in [0.2, 0.25) is 0 Å². The number of benzene rings is 1. The fraction of sp³-hybridized carbons (Fsp3) is 0.529. The Kier molecular flexibility index (Phi) is 3.83. The van der Waals surface area contributed by atoms with Crippen LogP contribution < -0.4 is 5.32 Å². The van der Waals surface area contributed by atoms with Crippen molar-refractivity contribution >= 4 is 22.7 Å². The van der Waals surface area contributed by atoms with Crippen molar-refractivity contribution in [3.8, 4) is 0 Å². The van der Waals surface area contributed by atoms with E-state index in [0.29, 0.717) is 16.7 Å². The van der Waals surface area contributed by atoms with Crippen LogP contribution in [0.5, 0.6) is 0 Å². The molecule has 20 heavy (non-hydrogen) atoms. The lowest BCUT2D eigenvalue weighted by atomic mass is 9.87. The molecule has 0 radical (unpaired) electrons. The van der Waals surface area contributed by atoms with E-state index in [0.717, 1.165) is 6.54 Å². The van der Waals surface area contributed by atoms with Gasteiger partial charge in [0.25, 0.3) is 0 Å². The van der Waals surface area contributed by atoms with Gasteiger partial charge in [-0.25, -0.2) is 0 Å². The fourth-order valence-corrected chi connectivity index (χ4v) is 4.89. The number of aromatic amines is 1. The topological polar surface area (TPSA) is 27.8 Å². The SMILES string of the molecule is CCNC1C(Sc2cc3ccccc3[nH]2)CCC1(C)C. The van der Waals surface area contributed by atoms with Crippen LogP contribution >= 0.6 is 11.8 Å². The highest BCUT2D eigenvalue weighted by Crippen LogP contribution is 2.45. The predicted octanol–water partition coefficient (Wildman–Crippen LogP) is 4.43. The zero-order chi connectivity index (χ0) is 14.2. The number of hydrogen-bond donors (Lipinski definition) is 2. The van der Waals surface area contributed by atoms with E-state index in [1.807, 2.05) is 11.8 Å². The zero-order valence-corrected chi connectivity index (χ0v) is 13.4. The molecule has 0 aliphatic heterocycles. The Morgan fingerprint density at radius 2 is 2.15 bits per heavy atom. The molecule has 0 spiro atoms. The van der Waals surface area contributed by atoms with Gasteiger partial charge in [-0.15, -0.1) is 11.8 Å². The average molecular weight is 288 g/mol. The number of fused-ring (bicyclic) bond motifs is 1. The highest BCUT2D eigenvalue weighted by atomic mass is 32.2. The molecule has 0 saturated heterocycles. The van der Waals surface area contributed by atoms with Crippen LogP contribution in [-0.2, 0) is 0 Å². The second-order valence-electron chi connectivity index (χ2n) is 6.44. The quantitative estimate of drug-likeness (QED) is 0.871. The first kappa shape index (κ1) is 14.0. The van der Waals surface area contributed by atoms with Gasteiger partial charge in [-0.3, -0.25) is 0 Å². The maximum absolute atomic E-state index is 3.70. The second kappa shape index (κ2) is 5.45. The summed E-state index contributed by atoms with van der Waals surface area (Å²) in [6, 6.07) is 11.4. The lowest BCUT2D eigenvalue weighted by molar-refractivity contribution is 0.290. The molecule has 2 unspecified atom stereocenters. The van der Waals surface area contributed by atoms with Gasteiger partial charge in [0.1, 0.15) is 0 Å². The Labute approximate surface area is 125 Å². The van der Waals surface area contributed by atoms with E-state index < -0.39 is 0 Å². The number of thioether (sulfide) groups is 1. The van der Waals surface area contributed by atoms with Crippen molar-refractivity contribution in [1.29, 1.82) is 0 Å². The molecule has 3 heteroatoms. The normalized spacial score (nSPS) is 25.4. The van der Waals surface area contributed by atoms with Crippen LogP contribution in [0.15, 0.2) is 35.4 Å². The summed E-state index contributed by atoms with van der Waals surface area (Å²) in [6.07, 6.45) is 2.60. The minimum atomic E-state index is 0.402. The Morgan fingerprint density at radius 3 is 2.90 bits per heavy atom. The Morgan fingerprint density at radius 1 is 1.35 bits per heavy atom. The molecular formula is C17H24N2S. The standard InChI is InChI=1S/C17H24N2S/c1-4-18-16-14(9-10-17(16,2)3)20-15-11-12-7-5-6-8-13(12)19-15/h5-8,11,14,16,18-19H,4,9-10H2,1-3H3. The highest BCUT2D eigenvalue weighted by molar-refractivity contribution is 8.00. The smallest absolute Gasteiger partial charge is 0.0735 e. The number of hydrogen-bond acceptors (Lipinski definition) is 2. The molecular weight excluding hydrogens is 264 g/mol. The summed E-state index contributed by atoms with van der Waals surface area (Å²) in [4.78, 5) is 3.55. The van der Waals surface area contributed by atoms with Crippen LogP contribution in [0.2, 0.25) is 0 Å². The van der Waals surface area contributed by atoms with E-state index in [4.69, 9.17) is 0 Å². The maximum Gasteiger partial charge on any atom is 0.0735 e. The molecule has 1 aliphatic rings. The summed E-state index contributed by atoms with van der Waals surface area (Å²) in [6.45, 7) is 8.05. The van der Waals surface area contributed by atoms with Crippen molar-refractivity contribution in [2.45, 2.75) is 49.9 Å².